The fourth-order valence-electron chi connectivity index (χ4n) is 2.05. The van der Waals surface area contributed by atoms with Crippen molar-refractivity contribution < 1.29 is 4.79 Å². The van der Waals surface area contributed by atoms with E-state index in [1.807, 2.05) is 6.21 Å². The third kappa shape index (κ3) is 3.66. The summed E-state index contributed by atoms with van der Waals surface area (Å²) < 4.78 is 0. The highest BCUT2D eigenvalue weighted by molar-refractivity contribution is 5.93. The third-order valence-electron chi connectivity index (χ3n) is 3.03. The molecule has 0 radical (unpaired) electrons. The van der Waals surface area contributed by atoms with Gasteiger partial charge in [-0.25, -0.2) is 5.43 Å². The molecule has 4 nitrogen and oxygen atoms in total. The summed E-state index contributed by atoms with van der Waals surface area (Å²) in [4.78, 5) is 15.5. The molecule has 0 atom stereocenters. The minimum absolute atomic E-state index is 0.204. The Balaban J connectivity index is 1.81. The van der Waals surface area contributed by atoms with Gasteiger partial charge >= 0.3 is 0 Å². The zero-order valence-corrected chi connectivity index (χ0v) is 9.80. The molecule has 0 aromatic carbocycles. The Morgan fingerprint density at radius 3 is 2.94 bits per heavy atom. The number of hydrazone groups is 1. The van der Waals surface area contributed by atoms with Crippen molar-refractivity contribution in [3.63, 3.8) is 0 Å². The topological polar surface area (TPSA) is 54.4 Å². The summed E-state index contributed by atoms with van der Waals surface area (Å²) in [5.74, 6) is 0.322. The van der Waals surface area contributed by atoms with Crippen LogP contribution >= 0.6 is 0 Å². The largest absolute Gasteiger partial charge is 0.272 e. The highest BCUT2D eigenvalue weighted by atomic mass is 16.2. The van der Waals surface area contributed by atoms with Crippen LogP contribution in [0.1, 0.15) is 42.5 Å². The van der Waals surface area contributed by atoms with Gasteiger partial charge in [-0.3, -0.25) is 9.78 Å². The summed E-state index contributed by atoms with van der Waals surface area (Å²) in [5, 5.41) is 4.02. The predicted molar refractivity (Wildman–Crippen MR) is 66.8 cm³/mol. The van der Waals surface area contributed by atoms with Crippen molar-refractivity contribution >= 4 is 12.1 Å². The van der Waals surface area contributed by atoms with Gasteiger partial charge in [0.25, 0.3) is 5.91 Å². The lowest BCUT2D eigenvalue weighted by Gasteiger charge is -2.16. The van der Waals surface area contributed by atoms with Crippen LogP contribution in [0.3, 0.4) is 0 Å². The molecule has 1 N–H and O–H groups in total. The molecule has 1 aliphatic carbocycles. The van der Waals surface area contributed by atoms with E-state index in [0.29, 0.717) is 11.5 Å². The average Bonchev–Trinajstić information content (AvgIpc) is 2.41. The summed E-state index contributed by atoms with van der Waals surface area (Å²) in [6.45, 7) is 0. The fourth-order valence-corrected chi connectivity index (χ4v) is 2.05. The van der Waals surface area contributed by atoms with Crippen molar-refractivity contribution in [2.45, 2.75) is 32.1 Å². The molecule has 1 aromatic rings. The molecule has 1 heterocycles. The maximum Gasteiger partial charge on any atom is 0.272 e. The number of nitrogens with one attached hydrogen (secondary N) is 1. The minimum Gasteiger partial charge on any atom is -0.267 e. The molecular weight excluding hydrogens is 214 g/mol. The lowest BCUT2D eigenvalue weighted by Crippen LogP contribution is -2.19. The Bertz CT molecular complexity index is 383. The zero-order chi connectivity index (χ0) is 11.9. The van der Waals surface area contributed by atoms with Gasteiger partial charge in [-0.05, 0) is 30.9 Å². The summed E-state index contributed by atoms with van der Waals surface area (Å²) in [7, 11) is 0. The Morgan fingerprint density at radius 1 is 1.41 bits per heavy atom. The summed E-state index contributed by atoms with van der Waals surface area (Å²) in [5.41, 5.74) is 3.07. The van der Waals surface area contributed by atoms with Crippen LogP contribution in [0.4, 0.5) is 0 Å². The average molecular weight is 231 g/mol. The van der Waals surface area contributed by atoms with Crippen molar-refractivity contribution in [2.75, 3.05) is 0 Å². The molecular formula is C13H17N3O. The SMILES string of the molecule is O=C(N/N=C/C1CCCCC1)c1cccnc1. The summed E-state index contributed by atoms with van der Waals surface area (Å²) >= 11 is 0. The van der Waals surface area contributed by atoms with E-state index >= 15 is 0 Å². The maximum atomic E-state index is 11.6. The van der Waals surface area contributed by atoms with Gasteiger partial charge in [-0.1, -0.05) is 19.3 Å². The van der Waals surface area contributed by atoms with Crippen LogP contribution in [0.5, 0.6) is 0 Å². The van der Waals surface area contributed by atoms with Crippen LogP contribution in [0, 0.1) is 5.92 Å². The van der Waals surface area contributed by atoms with E-state index in [0.717, 1.165) is 0 Å². The van der Waals surface area contributed by atoms with Crippen molar-refractivity contribution in [1.82, 2.24) is 10.4 Å². The Morgan fingerprint density at radius 2 is 2.24 bits per heavy atom. The normalized spacial score (nSPS) is 17.2. The summed E-state index contributed by atoms with van der Waals surface area (Å²) in [6, 6.07) is 3.46. The van der Waals surface area contributed by atoms with Crippen LogP contribution in [0.15, 0.2) is 29.6 Å². The van der Waals surface area contributed by atoms with Gasteiger partial charge in [0.05, 0.1) is 5.56 Å². The first-order valence-corrected chi connectivity index (χ1v) is 6.10. The number of hydrogen-bond acceptors (Lipinski definition) is 3. The number of carbonyl (C=O) groups excluding carboxylic acids is 1. The van der Waals surface area contributed by atoms with Crippen molar-refractivity contribution in [2.24, 2.45) is 11.0 Å². The van der Waals surface area contributed by atoms with Crippen LogP contribution < -0.4 is 5.43 Å². The van der Waals surface area contributed by atoms with E-state index in [-0.39, 0.29) is 5.91 Å². The molecule has 1 amide bonds. The van der Waals surface area contributed by atoms with Crippen molar-refractivity contribution in [3.8, 4) is 0 Å². The molecule has 4 heteroatoms. The van der Waals surface area contributed by atoms with Crippen LogP contribution in [-0.2, 0) is 0 Å². The number of rotatable bonds is 3. The first kappa shape index (κ1) is 11.8. The molecule has 0 unspecified atom stereocenters. The number of hydrogen-bond donors (Lipinski definition) is 1. The highest BCUT2D eigenvalue weighted by Gasteiger charge is 2.10. The molecule has 2 rings (SSSR count). The smallest absolute Gasteiger partial charge is 0.267 e. The number of pyridine rings is 1. The molecule has 90 valence electrons. The van der Waals surface area contributed by atoms with Gasteiger partial charge in [-0.15, -0.1) is 0 Å². The Kier molecular flexibility index (Phi) is 4.24. The van der Waals surface area contributed by atoms with Gasteiger partial charge < -0.3 is 0 Å². The van der Waals surface area contributed by atoms with E-state index in [1.165, 1.54) is 38.3 Å². The molecule has 1 aliphatic rings. The molecule has 17 heavy (non-hydrogen) atoms. The number of aromatic nitrogens is 1. The van der Waals surface area contributed by atoms with Gasteiger partial charge in [-0.2, -0.15) is 5.10 Å². The molecule has 0 bridgehead atoms. The minimum atomic E-state index is -0.204. The molecule has 0 spiro atoms. The molecule has 0 saturated heterocycles. The Labute approximate surface area is 101 Å². The molecule has 1 saturated carbocycles. The molecule has 1 fully saturated rings. The van der Waals surface area contributed by atoms with E-state index in [1.54, 1.807) is 18.3 Å². The quantitative estimate of drug-likeness (QED) is 0.641. The lowest BCUT2D eigenvalue weighted by atomic mass is 9.90. The second kappa shape index (κ2) is 6.13. The standard InChI is InChI=1S/C13H17N3O/c17-13(12-7-4-8-14-10-12)16-15-9-11-5-2-1-3-6-11/h4,7-11H,1-3,5-6H2,(H,16,17)/b15-9+. The van der Waals surface area contributed by atoms with E-state index < -0.39 is 0 Å². The van der Waals surface area contributed by atoms with Gasteiger partial charge in [0, 0.05) is 18.6 Å². The predicted octanol–water partition coefficient (Wildman–Crippen LogP) is 2.38. The maximum absolute atomic E-state index is 11.6. The lowest BCUT2D eigenvalue weighted by molar-refractivity contribution is 0.0954. The zero-order valence-electron chi connectivity index (χ0n) is 9.80. The van der Waals surface area contributed by atoms with Gasteiger partial charge in [0.2, 0.25) is 0 Å². The second-order valence-electron chi connectivity index (χ2n) is 4.36. The summed E-state index contributed by atoms with van der Waals surface area (Å²) in [6.07, 6.45) is 11.3. The van der Waals surface area contributed by atoms with E-state index in [2.05, 4.69) is 15.5 Å². The third-order valence-corrected chi connectivity index (χ3v) is 3.03. The van der Waals surface area contributed by atoms with Crippen molar-refractivity contribution in [1.29, 1.82) is 0 Å². The number of nitrogens with zero attached hydrogens (tertiary/aromatic N) is 2. The fraction of sp³-hybridized carbons (Fsp3) is 0.462. The first-order valence-electron chi connectivity index (χ1n) is 6.10. The number of carbonyl (C=O) groups is 1. The van der Waals surface area contributed by atoms with E-state index in [9.17, 15) is 4.79 Å². The Hall–Kier alpha value is -1.71. The van der Waals surface area contributed by atoms with Crippen molar-refractivity contribution in [3.05, 3.63) is 30.1 Å². The second-order valence-corrected chi connectivity index (χ2v) is 4.36. The first-order chi connectivity index (χ1) is 8.36. The van der Waals surface area contributed by atoms with Gasteiger partial charge in [0.1, 0.15) is 0 Å². The van der Waals surface area contributed by atoms with Crippen LogP contribution in [-0.4, -0.2) is 17.1 Å². The monoisotopic (exact) mass is 231 g/mol. The highest BCUT2D eigenvalue weighted by Crippen LogP contribution is 2.21. The number of amides is 1. The van der Waals surface area contributed by atoms with Gasteiger partial charge in [0.15, 0.2) is 0 Å². The molecule has 1 aromatic heterocycles. The van der Waals surface area contributed by atoms with Crippen LogP contribution in [0.2, 0.25) is 0 Å². The van der Waals surface area contributed by atoms with E-state index in [4.69, 9.17) is 0 Å². The van der Waals surface area contributed by atoms with Crippen LogP contribution in [0.25, 0.3) is 0 Å². The molecule has 0 aliphatic heterocycles.